The first-order chi connectivity index (χ1) is 18.1. The van der Waals surface area contributed by atoms with E-state index in [2.05, 4.69) is 11.4 Å². The third kappa shape index (κ3) is 3.18. The molecule has 0 aromatic heterocycles. The summed E-state index contributed by atoms with van der Waals surface area (Å²) in [7, 11) is 0. The summed E-state index contributed by atoms with van der Waals surface area (Å²) >= 11 is 0. The van der Waals surface area contributed by atoms with Crippen molar-refractivity contribution in [3.63, 3.8) is 0 Å². The Bertz CT molecular complexity index is 1560. The third-order valence-corrected chi connectivity index (χ3v) is 8.81. The Morgan fingerprint density at radius 3 is 2.50 bits per heavy atom. The number of carbonyl (C=O) groups excluding carboxylic acids is 3. The zero-order valence-electron chi connectivity index (χ0n) is 21.1. The normalized spacial score (nSPS) is 29.5. The van der Waals surface area contributed by atoms with Crippen LogP contribution in [0.15, 0.2) is 60.7 Å². The minimum absolute atomic E-state index is 0.0717. The number of carbonyl (C=O) groups is 3. The van der Waals surface area contributed by atoms with E-state index in [4.69, 9.17) is 4.74 Å². The lowest BCUT2D eigenvalue weighted by molar-refractivity contribution is -0.143. The lowest BCUT2D eigenvalue weighted by atomic mass is 9.57. The van der Waals surface area contributed by atoms with Crippen LogP contribution in [0.25, 0.3) is 10.8 Å². The van der Waals surface area contributed by atoms with Gasteiger partial charge in [-0.25, -0.2) is 9.29 Å². The average Bonchev–Trinajstić information content (AvgIpc) is 3.43. The predicted octanol–water partition coefficient (Wildman–Crippen LogP) is 4.37. The fourth-order valence-electron chi connectivity index (χ4n) is 6.97. The fourth-order valence-corrected chi connectivity index (χ4v) is 6.97. The van der Waals surface area contributed by atoms with Crippen LogP contribution in [0.2, 0.25) is 0 Å². The molecule has 3 amide bonds. The van der Waals surface area contributed by atoms with Gasteiger partial charge in [0.15, 0.2) is 0 Å². The van der Waals surface area contributed by atoms with E-state index in [-0.39, 0.29) is 30.6 Å². The SMILES string of the molecule is CC12CCC(CC(=O)NCc3ccc(F)cc3)(O1)[C@]1(C)C(=O)N(c3ccc(C#N)c4ccccc34)C(=O)[C@H]21. The van der Waals surface area contributed by atoms with Crippen LogP contribution < -0.4 is 10.2 Å². The number of hydrogen-bond acceptors (Lipinski definition) is 5. The van der Waals surface area contributed by atoms with E-state index in [9.17, 15) is 24.0 Å². The molecular formula is C30H26FN3O4. The molecule has 3 aliphatic rings. The van der Waals surface area contributed by atoms with Crippen molar-refractivity contribution >= 4 is 34.2 Å². The standard InChI is InChI=1S/C30H26FN3O4/c1-28-13-14-30(38-28,15-24(35)33-17-18-7-10-20(31)11-8-18)29(2)25(28)26(36)34(27(29)37)23-12-9-19(16-32)21-5-3-4-6-22(21)23/h3-12,25H,13-15,17H2,1-2H3,(H,33,35)/t25-,28?,29+,30?/m1/s1. The van der Waals surface area contributed by atoms with Gasteiger partial charge in [-0.3, -0.25) is 14.4 Å². The summed E-state index contributed by atoms with van der Waals surface area (Å²) in [6, 6.07) is 18.5. The second-order valence-electron chi connectivity index (χ2n) is 10.9. The Morgan fingerprint density at radius 1 is 1.08 bits per heavy atom. The lowest BCUT2D eigenvalue weighted by Gasteiger charge is -2.39. The number of nitrogens with one attached hydrogen (secondary N) is 1. The molecule has 0 radical (unpaired) electrons. The van der Waals surface area contributed by atoms with Crippen molar-refractivity contribution in [3.05, 3.63) is 77.6 Å². The fraction of sp³-hybridized carbons (Fsp3) is 0.333. The number of halogens is 1. The summed E-state index contributed by atoms with van der Waals surface area (Å²) in [5.41, 5.74) is -1.61. The maximum atomic E-state index is 14.2. The molecule has 1 N–H and O–H groups in total. The molecule has 3 saturated heterocycles. The molecule has 7 nitrogen and oxygen atoms in total. The highest BCUT2D eigenvalue weighted by atomic mass is 19.1. The first kappa shape index (κ1) is 24.3. The minimum Gasteiger partial charge on any atom is -0.366 e. The maximum absolute atomic E-state index is 14.2. The zero-order chi connectivity index (χ0) is 26.9. The number of amides is 3. The van der Waals surface area contributed by atoms with Gasteiger partial charge in [0.2, 0.25) is 17.7 Å². The summed E-state index contributed by atoms with van der Waals surface area (Å²) in [5.74, 6) is -2.13. The zero-order valence-corrected chi connectivity index (χ0v) is 21.1. The molecular weight excluding hydrogens is 485 g/mol. The summed E-state index contributed by atoms with van der Waals surface area (Å²) < 4.78 is 19.7. The van der Waals surface area contributed by atoms with E-state index in [1.807, 2.05) is 19.1 Å². The Labute approximate surface area is 219 Å². The molecule has 38 heavy (non-hydrogen) atoms. The van der Waals surface area contributed by atoms with Gasteiger partial charge < -0.3 is 10.1 Å². The molecule has 3 aliphatic heterocycles. The second kappa shape index (κ2) is 8.20. The molecule has 2 bridgehead atoms. The Morgan fingerprint density at radius 2 is 1.79 bits per heavy atom. The van der Waals surface area contributed by atoms with E-state index in [0.717, 1.165) is 5.56 Å². The van der Waals surface area contributed by atoms with Gasteiger partial charge >= 0.3 is 0 Å². The monoisotopic (exact) mass is 511 g/mol. The van der Waals surface area contributed by atoms with E-state index < -0.39 is 28.4 Å². The molecule has 0 aliphatic carbocycles. The number of ether oxygens (including phenoxy) is 1. The van der Waals surface area contributed by atoms with Crippen molar-refractivity contribution in [1.29, 1.82) is 5.26 Å². The Balaban J connectivity index is 1.35. The maximum Gasteiger partial charge on any atom is 0.243 e. The molecule has 0 spiro atoms. The molecule has 8 heteroatoms. The minimum atomic E-state index is -1.24. The smallest absolute Gasteiger partial charge is 0.243 e. The van der Waals surface area contributed by atoms with Gasteiger partial charge in [-0.2, -0.15) is 5.26 Å². The molecule has 3 aromatic rings. The van der Waals surface area contributed by atoms with Gasteiger partial charge in [0, 0.05) is 17.3 Å². The van der Waals surface area contributed by atoms with Gasteiger partial charge in [-0.1, -0.05) is 36.4 Å². The van der Waals surface area contributed by atoms with Crippen LogP contribution >= 0.6 is 0 Å². The average molecular weight is 512 g/mol. The summed E-state index contributed by atoms with van der Waals surface area (Å²) in [6.07, 6.45) is 0.957. The molecule has 6 rings (SSSR count). The second-order valence-corrected chi connectivity index (χ2v) is 10.9. The van der Waals surface area contributed by atoms with E-state index in [1.54, 1.807) is 43.3 Å². The number of anilines is 1. The number of benzene rings is 3. The van der Waals surface area contributed by atoms with Crippen LogP contribution in [0.5, 0.6) is 0 Å². The van der Waals surface area contributed by atoms with Gasteiger partial charge in [0.1, 0.15) is 5.82 Å². The quantitative estimate of drug-likeness (QED) is 0.513. The van der Waals surface area contributed by atoms with Crippen LogP contribution in [0.3, 0.4) is 0 Å². The number of hydrogen-bond donors (Lipinski definition) is 1. The number of rotatable bonds is 5. The van der Waals surface area contributed by atoms with Crippen molar-refractivity contribution in [3.8, 4) is 6.07 Å². The third-order valence-electron chi connectivity index (χ3n) is 8.81. The van der Waals surface area contributed by atoms with Gasteiger partial charge in [-0.15, -0.1) is 0 Å². The van der Waals surface area contributed by atoms with Crippen LogP contribution in [-0.2, 0) is 25.7 Å². The number of imide groups is 1. The van der Waals surface area contributed by atoms with E-state index >= 15 is 0 Å². The summed E-state index contributed by atoms with van der Waals surface area (Å²) in [4.78, 5) is 42.6. The first-order valence-electron chi connectivity index (χ1n) is 12.7. The lowest BCUT2D eigenvalue weighted by Crippen LogP contribution is -2.53. The molecule has 3 aromatic carbocycles. The summed E-state index contributed by atoms with van der Waals surface area (Å²) in [6.45, 7) is 3.82. The molecule has 192 valence electrons. The van der Waals surface area contributed by atoms with Gasteiger partial charge in [0.25, 0.3) is 0 Å². The largest absolute Gasteiger partial charge is 0.366 e. The van der Waals surface area contributed by atoms with Crippen LogP contribution in [0, 0.1) is 28.5 Å². The van der Waals surface area contributed by atoms with Crippen molar-refractivity contribution in [2.75, 3.05) is 4.90 Å². The van der Waals surface area contributed by atoms with Crippen molar-refractivity contribution in [1.82, 2.24) is 5.32 Å². The van der Waals surface area contributed by atoms with Crippen molar-refractivity contribution < 1.29 is 23.5 Å². The molecule has 3 fully saturated rings. The Hall–Kier alpha value is -4.09. The molecule has 2 unspecified atom stereocenters. The van der Waals surface area contributed by atoms with Crippen LogP contribution in [0.4, 0.5) is 10.1 Å². The van der Waals surface area contributed by atoms with Crippen molar-refractivity contribution in [2.45, 2.75) is 50.9 Å². The highest BCUT2D eigenvalue weighted by Crippen LogP contribution is 2.68. The topological polar surface area (TPSA) is 99.5 Å². The predicted molar refractivity (Wildman–Crippen MR) is 137 cm³/mol. The van der Waals surface area contributed by atoms with Crippen LogP contribution in [0.1, 0.15) is 44.2 Å². The molecule has 3 heterocycles. The number of nitrogens with zero attached hydrogens (tertiary/aromatic N) is 2. The highest BCUT2D eigenvalue weighted by molar-refractivity contribution is 6.27. The number of fused-ring (bicyclic) bond motifs is 6. The summed E-state index contributed by atoms with van der Waals surface area (Å²) in [5, 5.41) is 13.7. The van der Waals surface area contributed by atoms with E-state index in [0.29, 0.717) is 34.9 Å². The highest BCUT2D eigenvalue weighted by Gasteiger charge is 2.80. The molecule has 0 saturated carbocycles. The Kier molecular flexibility index (Phi) is 5.24. The van der Waals surface area contributed by atoms with E-state index in [1.165, 1.54) is 17.0 Å². The van der Waals surface area contributed by atoms with Gasteiger partial charge in [0.05, 0.1) is 46.3 Å². The van der Waals surface area contributed by atoms with Gasteiger partial charge in [-0.05, 0) is 56.5 Å². The first-order valence-corrected chi connectivity index (χ1v) is 12.7. The van der Waals surface area contributed by atoms with Crippen molar-refractivity contribution in [2.24, 2.45) is 11.3 Å². The molecule has 4 atom stereocenters. The number of nitriles is 1. The van der Waals surface area contributed by atoms with Crippen LogP contribution in [-0.4, -0.2) is 28.9 Å².